The number of hydrogen-bond acceptors (Lipinski definition) is 9. The molecule has 32 heavy (non-hydrogen) atoms. The quantitative estimate of drug-likeness (QED) is 0.676. The van der Waals surface area contributed by atoms with Gasteiger partial charge in [-0.2, -0.15) is 0 Å². The van der Waals surface area contributed by atoms with E-state index in [9.17, 15) is 14.7 Å². The Labute approximate surface area is 185 Å². The van der Waals surface area contributed by atoms with Crippen molar-refractivity contribution in [1.29, 1.82) is 0 Å². The van der Waals surface area contributed by atoms with Gasteiger partial charge in [0.1, 0.15) is 5.76 Å². The molecule has 1 N–H and O–H groups in total. The minimum Gasteiger partial charge on any atom is -0.497 e. The summed E-state index contributed by atoms with van der Waals surface area (Å²) in [5.74, 6) is -0.00878. The maximum atomic E-state index is 12.8. The highest BCUT2D eigenvalue weighted by molar-refractivity contribution is 5.82. The Kier molecular flexibility index (Phi) is 5.21. The van der Waals surface area contributed by atoms with E-state index >= 15 is 0 Å². The summed E-state index contributed by atoms with van der Waals surface area (Å²) in [6, 6.07) is 3.94. The number of carbonyl (C=O) groups excluding carboxylic acids is 2. The predicted molar refractivity (Wildman–Crippen MR) is 110 cm³/mol. The molecule has 2 bridgehead atoms. The van der Waals surface area contributed by atoms with Crippen LogP contribution < -0.4 is 9.47 Å². The van der Waals surface area contributed by atoms with Crippen LogP contribution in [0, 0.1) is 0 Å². The summed E-state index contributed by atoms with van der Waals surface area (Å²) in [6.07, 6.45) is 0.798. The van der Waals surface area contributed by atoms with Crippen molar-refractivity contribution in [2.75, 3.05) is 34.1 Å². The number of nitrogens with zero attached hydrogens (tertiary/aromatic N) is 1. The highest BCUT2D eigenvalue weighted by Gasteiger charge is 2.45. The third kappa shape index (κ3) is 3.37. The summed E-state index contributed by atoms with van der Waals surface area (Å²) in [6.45, 7) is 1.84. The van der Waals surface area contributed by atoms with E-state index in [0.29, 0.717) is 17.3 Å². The summed E-state index contributed by atoms with van der Waals surface area (Å²) >= 11 is 0. The van der Waals surface area contributed by atoms with Gasteiger partial charge in [-0.05, 0) is 47.8 Å². The zero-order valence-corrected chi connectivity index (χ0v) is 18.0. The Morgan fingerprint density at radius 2 is 1.94 bits per heavy atom. The molecule has 1 aromatic rings. The molecule has 1 aliphatic carbocycles. The second-order valence-corrected chi connectivity index (χ2v) is 8.19. The lowest BCUT2D eigenvalue weighted by Gasteiger charge is -2.42. The van der Waals surface area contributed by atoms with E-state index in [0.717, 1.165) is 48.3 Å². The van der Waals surface area contributed by atoms with Crippen molar-refractivity contribution >= 4 is 11.9 Å². The van der Waals surface area contributed by atoms with Crippen molar-refractivity contribution < 1.29 is 38.4 Å². The number of benzene rings is 1. The monoisotopic (exact) mass is 443 g/mol. The van der Waals surface area contributed by atoms with Crippen molar-refractivity contribution in [2.45, 2.75) is 37.4 Å². The van der Waals surface area contributed by atoms with Gasteiger partial charge in [-0.15, -0.1) is 0 Å². The average molecular weight is 443 g/mol. The topological polar surface area (TPSA) is 104 Å². The van der Waals surface area contributed by atoms with Crippen LogP contribution in [0.25, 0.3) is 0 Å². The Morgan fingerprint density at radius 1 is 1.19 bits per heavy atom. The van der Waals surface area contributed by atoms with E-state index in [1.54, 1.807) is 7.11 Å². The molecule has 3 aliphatic heterocycles. The van der Waals surface area contributed by atoms with Gasteiger partial charge >= 0.3 is 11.9 Å². The summed E-state index contributed by atoms with van der Waals surface area (Å²) < 4.78 is 27.3. The second kappa shape index (κ2) is 8.05. The van der Waals surface area contributed by atoms with Gasteiger partial charge < -0.3 is 33.7 Å². The number of rotatable bonds is 5. The maximum absolute atomic E-state index is 12.8. The molecular weight excluding hydrogens is 418 g/mol. The molecule has 170 valence electrons. The number of carbonyl (C=O) groups is 2. The first-order valence-electron chi connectivity index (χ1n) is 10.6. The van der Waals surface area contributed by atoms with Crippen molar-refractivity contribution in [2.24, 2.45) is 0 Å². The lowest BCUT2D eigenvalue weighted by atomic mass is 9.79. The van der Waals surface area contributed by atoms with E-state index < -0.39 is 30.6 Å². The summed E-state index contributed by atoms with van der Waals surface area (Å²) in [5, 5.41) is 10.2. The first-order chi connectivity index (χ1) is 15.5. The SMILES string of the molecule is COC(=O)CC(O)C(=O)OC1C(OC)=C2C=C3[C@@H]1c1cc4c(cc1CCN3CC2)OCO4. The molecule has 0 saturated heterocycles. The van der Waals surface area contributed by atoms with Crippen LogP contribution in [0.1, 0.15) is 29.9 Å². The van der Waals surface area contributed by atoms with Gasteiger partial charge in [0.25, 0.3) is 0 Å². The molecule has 0 aromatic heterocycles. The van der Waals surface area contributed by atoms with E-state index in [4.69, 9.17) is 18.9 Å². The van der Waals surface area contributed by atoms with Gasteiger partial charge in [-0.1, -0.05) is 0 Å². The Hall–Kier alpha value is -3.20. The Balaban J connectivity index is 1.55. The van der Waals surface area contributed by atoms with E-state index in [1.807, 2.05) is 12.1 Å². The number of esters is 2. The van der Waals surface area contributed by atoms with E-state index in [-0.39, 0.29) is 12.7 Å². The normalized spacial score (nSPS) is 23.6. The third-order valence-electron chi connectivity index (χ3n) is 6.48. The molecule has 9 heteroatoms. The molecule has 0 fully saturated rings. The standard InChI is InChI=1S/C23H25NO8/c1-28-19(26)10-16(25)23(27)32-22-20-14-9-18-17(30-11-31-18)8-12(14)3-5-24-6-4-13(7-15(20)24)21(22)29-2/h7-9,16,20,22,25H,3-6,10-11H2,1-2H3/t16?,20-,22?/m0/s1. The lowest BCUT2D eigenvalue weighted by Crippen LogP contribution is -2.42. The maximum Gasteiger partial charge on any atom is 0.336 e. The summed E-state index contributed by atoms with van der Waals surface area (Å²) in [5.41, 5.74) is 4.08. The highest BCUT2D eigenvalue weighted by Crippen LogP contribution is 2.49. The van der Waals surface area contributed by atoms with Gasteiger partial charge in [-0.3, -0.25) is 4.79 Å². The van der Waals surface area contributed by atoms with Gasteiger partial charge in [0, 0.05) is 18.8 Å². The predicted octanol–water partition coefficient (Wildman–Crippen LogP) is 1.39. The molecule has 4 aliphatic rings. The zero-order chi connectivity index (χ0) is 22.4. The number of aliphatic hydroxyl groups is 1. The number of methoxy groups -OCH3 is 2. The van der Waals surface area contributed by atoms with Gasteiger partial charge in [0.2, 0.25) is 6.79 Å². The van der Waals surface area contributed by atoms with Gasteiger partial charge in [0.15, 0.2) is 23.7 Å². The molecule has 3 heterocycles. The number of fused-ring (bicyclic) bond motifs is 4. The Morgan fingerprint density at radius 3 is 2.69 bits per heavy atom. The molecule has 0 radical (unpaired) electrons. The number of allylic oxidation sites excluding steroid dienone is 1. The first-order valence-corrected chi connectivity index (χ1v) is 10.6. The first kappa shape index (κ1) is 20.7. The molecule has 0 spiro atoms. The lowest BCUT2D eigenvalue weighted by molar-refractivity contribution is -0.164. The smallest absolute Gasteiger partial charge is 0.336 e. The molecule has 3 atom stereocenters. The van der Waals surface area contributed by atoms with Crippen LogP contribution in [0.2, 0.25) is 0 Å². The van der Waals surface area contributed by atoms with Gasteiger partial charge in [-0.25, -0.2) is 4.79 Å². The van der Waals surface area contributed by atoms with Crippen LogP contribution >= 0.6 is 0 Å². The van der Waals surface area contributed by atoms with Crippen molar-refractivity contribution in [3.05, 3.63) is 46.4 Å². The van der Waals surface area contributed by atoms with Crippen LogP contribution in [-0.2, 0) is 30.2 Å². The molecule has 1 aromatic carbocycles. The minimum atomic E-state index is -1.63. The van der Waals surface area contributed by atoms with E-state index in [1.165, 1.54) is 7.11 Å². The number of hydrogen-bond donors (Lipinski definition) is 1. The van der Waals surface area contributed by atoms with Crippen LogP contribution in [0.3, 0.4) is 0 Å². The Bertz CT molecular complexity index is 1030. The summed E-state index contributed by atoms with van der Waals surface area (Å²) in [7, 11) is 2.75. The fourth-order valence-corrected chi connectivity index (χ4v) is 4.92. The molecule has 0 saturated carbocycles. The zero-order valence-electron chi connectivity index (χ0n) is 18.0. The van der Waals surface area contributed by atoms with Crippen molar-refractivity contribution in [1.82, 2.24) is 4.90 Å². The molecule has 0 amide bonds. The fraction of sp³-hybridized carbons (Fsp3) is 0.478. The van der Waals surface area contributed by atoms with Gasteiger partial charge in [0.05, 0.1) is 26.6 Å². The molecule has 9 nitrogen and oxygen atoms in total. The van der Waals surface area contributed by atoms with Crippen molar-refractivity contribution in [3.8, 4) is 11.5 Å². The van der Waals surface area contributed by atoms with Crippen LogP contribution in [-0.4, -0.2) is 68.3 Å². The van der Waals surface area contributed by atoms with Crippen LogP contribution in [0.4, 0.5) is 0 Å². The van der Waals surface area contributed by atoms with Crippen LogP contribution in [0.15, 0.2) is 35.2 Å². The largest absolute Gasteiger partial charge is 0.497 e. The molecular formula is C23H25NO8. The van der Waals surface area contributed by atoms with E-state index in [2.05, 4.69) is 15.7 Å². The highest BCUT2D eigenvalue weighted by atomic mass is 16.7. The molecule has 2 unspecified atom stereocenters. The summed E-state index contributed by atoms with van der Waals surface area (Å²) in [4.78, 5) is 26.6. The molecule has 5 rings (SSSR count). The van der Waals surface area contributed by atoms with Crippen LogP contribution in [0.5, 0.6) is 11.5 Å². The number of aliphatic hydroxyl groups excluding tert-OH is 1. The third-order valence-corrected chi connectivity index (χ3v) is 6.48. The fourth-order valence-electron chi connectivity index (χ4n) is 4.92. The number of ether oxygens (including phenoxy) is 5. The van der Waals surface area contributed by atoms with Crippen molar-refractivity contribution in [3.63, 3.8) is 0 Å². The average Bonchev–Trinajstić information content (AvgIpc) is 3.18. The minimum absolute atomic E-state index is 0.170. The second-order valence-electron chi connectivity index (χ2n) is 8.19.